The fourth-order valence-corrected chi connectivity index (χ4v) is 18.4. The highest BCUT2D eigenvalue weighted by Crippen LogP contribution is 2.48. The quantitative estimate of drug-likeness (QED) is 0.0965. The van der Waals surface area contributed by atoms with Gasteiger partial charge in [-0.05, 0) is 199 Å². The maximum Gasteiger partial charge on any atom is 0.410 e. The second-order valence-corrected chi connectivity index (χ2v) is 33.8. The smallest absolute Gasteiger partial charge is 0.410 e. The first-order chi connectivity index (χ1) is 43.3. The number of ether oxygens (including phenoxy) is 4. The highest BCUT2D eigenvalue weighted by atomic mass is 32.1. The molecule has 5 amide bonds. The number of ketones is 1. The van der Waals surface area contributed by atoms with Gasteiger partial charge in [0.1, 0.15) is 43.2 Å². The van der Waals surface area contributed by atoms with Crippen LogP contribution in [0.2, 0.25) is 0 Å². The van der Waals surface area contributed by atoms with Crippen molar-refractivity contribution in [3.05, 3.63) is 86.9 Å². The minimum atomic E-state index is -0.547. The molecular weight excluding hydrogens is 1240 g/mol. The number of hydrogen-bond donors (Lipinski definition) is 2. The van der Waals surface area contributed by atoms with Gasteiger partial charge in [0, 0.05) is 83.9 Å². The largest absolute Gasteiger partial charge is 0.444 e. The standard InChI is InChI=1S/C36H47N3O5S2.C22H23N3O3S2.C12H22N2O2/c1-35(2,3)43-33(41)38-15-14-26-30(21-38)45-29(31(26)32-37-27-12-7-8-13-28(27)46-32)18-25(40)11-9-10-22-16-23-19-39(20-24(23)17-22)34(42)44-36(4,5)6;1-5-17(26)24-20-18(19-23-14-8-6-7-9-15(14)29-19)13-10-11-25(12-16(13)30-20)21(27)28-22(2,3)4;1-12(2,3)16-11(15)14-6-8-4-10(13)5-9(8)7-14/h7-8,12-13,22-24H,9-11,14-21H2,1-6H3;5-9H,1,10-12H2,2-4H3,(H,24,26);8-10H,4-7,13H2,1-3H3/t22?,23-,24+;;8-,9+,10?. The second-order valence-electron chi connectivity index (χ2n) is 29.5. The molecule has 2 saturated heterocycles. The third-order valence-electron chi connectivity index (χ3n) is 17.3. The lowest BCUT2D eigenvalue weighted by Gasteiger charge is -2.30. The molecule has 18 nitrogen and oxygen atoms in total. The van der Waals surface area contributed by atoms with Crippen LogP contribution in [0.3, 0.4) is 0 Å². The number of nitrogens with one attached hydrogen (secondary N) is 1. The van der Waals surface area contributed by atoms with Gasteiger partial charge in [0.25, 0.3) is 0 Å². The van der Waals surface area contributed by atoms with Gasteiger partial charge in [-0.25, -0.2) is 29.1 Å². The molecule has 6 aromatic rings. The van der Waals surface area contributed by atoms with Crippen LogP contribution in [0.4, 0.5) is 24.2 Å². The van der Waals surface area contributed by atoms with Gasteiger partial charge in [-0.2, -0.15) is 0 Å². The van der Waals surface area contributed by atoms with Crippen LogP contribution in [-0.2, 0) is 60.9 Å². The fourth-order valence-electron chi connectivity index (χ4n) is 13.5. The van der Waals surface area contributed by atoms with E-state index in [-0.39, 0.29) is 36.1 Å². The summed E-state index contributed by atoms with van der Waals surface area (Å²) in [5, 5.41) is 5.52. The van der Waals surface area contributed by atoms with E-state index in [1.54, 1.807) is 43.8 Å². The summed E-state index contributed by atoms with van der Waals surface area (Å²) in [7, 11) is 0. The summed E-state index contributed by atoms with van der Waals surface area (Å²) in [5.74, 6) is 2.91. The van der Waals surface area contributed by atoms with E-state index in [2.05, 4.69) is 18.0 Å². The highest BCUT2D eigenvalue weighted by Gasteiger charge is 2.44. The molecule has 2 saturated carbocycles. The van der Waals surface area contributed by atoms with Gasteiger partial charge in [-0.3, -0.25) is 9.59 Å². The zero-order valence-corrected chi connectivity index (χ0v) is 58.8. The number of carbonyl (C=O) groups excluding carboxylic acids is 6. The molecule has 12 rings (SSSR count). The Hall–Kier alpha value is -6.46. The number of Topliss-reactive ketones (excluding diaryl/α,β-unsaturated/α-hetero) is 1. The minimum absolute atomic E-state index is 0.171. The van der Waals surface area contributed by atoms with Gasteiger partial charge in [0.2, 0.25) is 5.91 Å². The maximum absolute atomic E-state index is 13.5. The van der Waals surface area contributed by atoms with Crippen LogP contribution in [0.5, 0.6) is 0 Å². The van der Waals surface area contributed by atoms with E-state index in [1.165, 1.54) is 23.0 Å². The molecule has 2 aromatic carbocycles. The summed E-state index contributed by atoms with van der Waals surface area (Å²) >= 11 is 6.43. The molecule has 6 atom stereocenters. The van der Waals surface area contributed by atoms with Crippen LogP contribution < -0.4 is 11.1 Å². The minimum Gasteiger partial charge on any atom is -0.444 e. The Balaban J connectivity index is 0.000000171. The number of thiazole rings is 2. The Morgan fingerprint density at radius 1 is 0.576 bits per heavy atom. The van der Waals surface area contributed by atoms with Gasteiger partial charge in [-0.1, -0.05) is 37.3 Å². The fraction of sp³-hybridized carbons (Fsp3) is 0.571. The molecule has 22 heteroatoms. The zero-order valence-electron chi connectivity index (χ0n) is 55.6. The molecule has 92 heavy (non-hydrogen) atoms. The summed E-state index contributed by atoms with van der Waals surface area (Å²) in [6, 6.07) is 16.5. The number of amides is 5. The normalized spacial score (nSPS) is 21.1. The number of fused-ring (bicyclic) bond motifs is 6. The van der Waals surface area contributed by atoms with Crippen LogP contribution in [0.1, 0.15) is 154 Å². The molecule has 0 radical (unpaired) electrons. The third-order valence-corrected chi connectivity index (χ3v) is 21.7. The van der Waals surface area contributed by atoms with Crippen LogP contribution in [-0.4, -0.2) is 133 Å². The molecule has 496 valence electrons. The summed E-state index contributed by atoms with van der Waals surface area (Å²) in [6.07, 6.45) is 8.99. The van der Waals surface area contributed by atoms with Crippen molar-refractivity contribution < 1.29 is 47.7 Å². The van der Waals surface area contributed by atoms with E-state index in [9.17, 15) is 28.8 Å². The van der Waals surface area contributed by atoms with Gasteiger partial charge in [0.15, 0.2) is 0 Å². The molecule has 0 bridgehead atoms. The Bertz CT molecular complexity index is 3610. The van der Waals surface area contributed by atoms with Crippen molar-refractivity contribution in [3.63, 3.8) is 0 Å². The van der Waals surface area contributed by atoms with Crippen molar-refractivity contribution in [1.29, 1.82) is 0 Å². The number of benzene rings is 2. The van der Waals surface area contributed by atoms with Crippen LogP contribution in [0.25, 0.3) is 41.6 Å². The van der Waals surface area contributed by atoms with Crippen molar-refractivity contribution in [2.24, 2.45) is 35.3 Å². The first kappa shape index (κ1) is 68.4. The Morgan fingerprint density at radius 2 is 0.989 bits per heavy atom. The van der Waals surface area contributed by atoms with Crippen LogP contribution in [0, 0.1) is 29.6 Å². The van der Waals surface area contributed by atoms with Gasteiger partial charge in [0.05, 0.1) is 33.5 Å². The Morgan fingerprint density at radius 3 is 1.43 bits per heavy atom. The lowest BCUT2D eigenvalue weighted by atomic mass is 9.96. The van der Waals surface area contributed by atoms with E-state index in [0.717, 1.165) is 138 Å². The van der Waals surface area contributed by atoms with E-state index in [0.29, 0.717) is 81.1 Å². The molecule has 4 aromatic heterocycles. The van der Waals surface area contributed by atoms with Gasteiger partial charge < -0.3 is 49.6 Å². The molecule has 6 aliphatic rings. The summed E-state index contributed by atoms with van der Waals surface area (Å²) in [5.41, 5.74) is 10.3. The number of aromatic nitrogens is 2. The van der Waals surface area contributed by atoms with E-state index in [4.69, 9.17) is 34.6 Å². The van der Waals surface area contributed by atoms with Crippen molar-refractivity contribution in [1.82, 2.24) is 29.6 Å². The van der Waals surface area contributed by atoms with Gasteiger partial charge >= 0.3 is 24.4 Å². The summed E-state index contributed by atoms with van der Waals surface area (Å²) in [6.45, 7) is 31.6. The predicted molar refractivity (Wildman–Crippen MR) is 367 cm³/mol. The van der Waals surface area contributed by atoms with Crippen LogP contribution in [0.15, 0.2) is 61.2 Å². The maximum atomic E-state index is 13.5. The summed E-state index contributed by atoms with van der Waals surface area (Å²) in [4.78, 5) is 95.6. The molecule has 3 N–H and O–H groups in total. The van der Waals surface area contributed by atoms with E-state index < -0.39 is 22.4 Å². The molecule has 4 aliphatic heterocycles. The van der Waals surface area contributed by atoms with Crippen molar-refractivity contribution in [2.75, 3.05) is 44.6 Å². The molecule has 2 aliphatic carbocycles. The zero-order chi connectivity index (χ0) is 66.2. The molecule has 8 heterocycles. The van der Waals surface area contributed by atoms with Crippen LogP contribution >= 0.6 is 45.3 Å². The molecular formula is C70H92N8O10S4. The predicted octanol–water partition coefficient (Wildman–Crippen LogP) is 15.5. The number of para-hydroxylation sites is 2. The highest BCUT2D eigenvalue weighted by molar-refractivity contribution is 7.23. The number of likely N-dealkylation sites (tertiary alicyclic amines) is 2. The number of thiophene rings is 2. The van der Waals surface area contributed by atoms with Gasteiger partial charge in [-0.15, -0.1) is 45.3 Å². The van der Waals surface area contributed by atoms with Crippen molar-refractivity contribution >= 4 is 107 Å². The topological polar surface area (TPSA) is 216 Å². The number of nitrogens with two attached hydrogens (primary N) is 1. The Kier molecular flexibility index (Phi) is 20.7. The number of nitrogens with zero attached hydrogens (tertiary/aromatic N) is 6. The lowest BCUT2D eigenvalue weighted by molar-refractivity contribution is -0.118. The number of carbonyl (C=O) groups is 6. The average Bonchev–Trinajstić information content (AvgIpc) is 1.63. The van der Waals surface area contributed by atoms with Crippen molar-refractivity contribution in [2.45, 2.75) is 189 Å². The molecule has 2 unspecified atom stereocenters. The van der Waals surface area contributed by atoms with E-state index >= 15 is 0 Å². The van der Waals surface area contributed by atoms with E-state index in [1.807, 2.05) is 135 Å². The number of rotatable bonds is 10. The first-order valence-corrected chi connectivity index (χ1v) is 35.7. The SMILES string of the molecule is C=CC(=O)Nc1sc2c(c1-c1nc3ccccc3s1)CCN(C(=O)OC(C)(C)C)C2.CC(C)(C)OC(=O)N1CCc2c(sc(CC(=O)CCCC3C[C@@H]4CN(C(=O)OC(C)(C)C)C[C@@H]4C3)c2-c2nc3ccccc3s2)C1.CC(C)(C)OC(=O)N1C[C@H]2CC(N)C[C@H]2C1. The molecule has 4 fully saturated rings. The molecule has 0 spiro atoms. The summed E-state index contributed by atoms with van der Waals surface area (Å²) < 4.78 is 24.4. The number of hydrogen-bond acceptors (Lipinski definition) is 17. The monoisotopic (exact) mass is 1330 g/mol. The van der Waals surface area contributed by atoms with Crippen molar-refractivity contribution in [3.8, 4) is 21.1 Å². The third kappa shape index (κ3) is 17.3. The average molecular weight is 1330 g/mol. The number of anilines is 1. The lowest BCUT2D eigenvalue weighted by Crippen LogP contribution is -2.39. The second kappa shape index (κ2) is 27.9. The Labute approximate surface area is 557 Å². The first-order valence-electron chi connectivity index (χ1n) is 32.4.